The Balaban J connectivity index is 1.83. The molecule has 0 aliphatic carbocycles. The number of aliphatic hydroxyl groups is 1. The van der Waals surface area contributed by atoms with Gasteiger partial charge in [0.2, 0.25) is 0 Å². The van der Waals surface area contributed by atoms with Crippen LogP contribution in [-0.2, 0) is 16.6 Å². The highest BCUT2D eigenvalue weighted by Gasteiger charge is 2.21. The van der Waals surface area contributed by atoms with Crippen LogP contribution in [0.2, 0.25) is 5.02 Å². The molecule has 0 saturated carbocycles. The molecule has 5 nitrogen and oxygen atoms in total. The minimum atomic E-state index is -1.37. The number of hydrogen-bond donors (Lipinski definition) is 3. The van der Waals surface area contributed by atoms with Gasteiger partial charge in [0.25, 0.3) is 0 Å². The second-order valence-electron chi connectivity index (χ2n) is 8.01. The highest BCUT2D eigenvalue weighted by atomic mass is 35.5. The predicted molar refractivity (Wildman–Crippen MR) is 128 cm³/mol. The topological polar surface area (TPSA) is 74.2 Å². The van der Waals surface area contributed by atoms with Crippen LogP contribution in [0.3, 0.4) is 0 Å². The Labute approximate surface area is 189 Å². The van der Waals surface area contributed by atoms with Crippen molar-refractivity contribution in [2.75, 3.05) is 11.3 Å². The molecule has 0 radical (unpaired) electrons. The molecule has 1 aromatic carbocycles. The molecule has 3 N–H and O–H groups in total. The van der Waals surface area contributed by atoms with Crippen molar-refractivity contribution in [3.8, 4) is 21.6 Å². The van der Waals surface area contributed by atoms with Gasteiger partial charge in [-0.15, -0.1) is 11.3 Å². The van der Waals surface area contributed by atoms with E-state index in [0.29, 0.717) is 10.7 Å². The largest absolute Gasteiger partial charge is 0.395 e. The van der Waals surface area contributed by atoms with E-state index in [-0.39, 0.29) is 12.6 Å². The Hall–Kier alpha value is -1.77. The molecule has 2 heterocycles. The molecule has 2 aromatic heterocycles. The van der Waals surface area contributed by atoms with E-state index in [1.165, 1.54) is 0 Å². The molecule has 1 atom stereocenters. The Morgan fingerprint density at radius 1 is 1.20 bits per heavy atom. The third-order valence-corrected chi connectivity index (χ3v) is 6.95. The summed E-state index contributed by atoms with van der Waals surface area (Å²) in [7, 11) is 0. The van der Waals surface area contributed by atoms with Gasteiger partial charge in [-0.2, -0.15) is 0 Å². The molecule has 0 fully saturated rings. The molecule has 160 valence electrons. The first-order chi connectivity index (χ1) is 14.2. The van der Waals surface area contributed by atoms with Crippen molar-refractivity contribution in [3.05, 3.63) is 58.7 Å². The molecular weight excluding hydrogens is 438 g/mol. The summed E-state index contributed by atoms with van der Waals surface area (Å²) in [6.07, 6.45) is 1.78. The van der Waals surface area contributed by atoms with E-state index in [1.54, 1.807) is 23.6 Å². The van der Waals surface area contributed by atoms with Gasteiger partial charge in [-0.25, -0.2) is 8.93 Å². The van der Waals surface area contributed by atoms with Crippen LogP contribution in [0.5, 0.6) is 0 Å². The number of nitrogens with zero attached hydrogens (tertiary/aromatic N) is 1. The number of pyridine rings is 1. The maximum absolute atomic E-state index is 12.0. The zero-order chi connectivity index (χ0) is 21.9. The Kier molecular flexibility index (Phi) is 7.31. The molecule has 3 rings (SSSR count). The first kappa shape index (κ1) is 22.9. The van der Waals surface area contributed by atoms with E-state index < -0.39 is 16.6 Å². The molecule has 1 unspecified atom stereocenters. The maximum atomic E-state index is 12.0. The predicted octanol–water partition coefficient (Wildman–Crippen LogP) is 5.39. The SMILES string of the molecule is CC(C)NS(=O)Nc1ccc(-c2cc(-c3ccnc(C(C)(C)CO)c3)cs2)c(Cl)c1. The number of aliphatic hydroxyl groups excluding tert-OH is 1. The average molecular weight is 464 g/mol. The van der Waals surface area contributed by atoms with Gasteiger partial charge < -0.3 is 5.11 Å². The van der Waals surface area contributed by atoms with E-state index in [9.17, 15) is 9.32 Å². The van der Waals surface area contributed by atoms with E-state index in [4.69, 9.17) is 11.6 Å². The minimum Gasteiger partial charge on any atom is -0.395 e. The van der Waals surface area contributed by atoms with Gasteiger partial charge in [0, 0.05) is 39.5 Å². The van der Waals surface area contributed by atoms with Crippen molar-refractivity contribution in [1.29, 1.82) is 0 Å². The first-order valence-electron chi connectivity index (χ1n) is 9.60. The summed E-state index contributed by atoms with van der Waals surface area (Å²) < 4.78 is 17.8. The van der Waals surface area contributed by atoms with Crippen LogP contribution < -0.4 is 9.44 Å². The highest BCUT2D eigenvalue weighted by molar-refractivity contribution is 7.84. The third-order valence-electron chi connectivity index (χ3n) is 4.57. The fourth-order valence-corrected chi connectivity index (χ4v) is 4.94. The minimum absolute atomic E-state index is 0.0335. The molecule has 0 aliphatic rings. The van der Waals surface area contributed by atoms with Gasteiger partial charge in [-0.3, -0.25) is 9.71 Å². The maximum Gasteiger partial charge on any atom is 0.193 e. The second-order valence-corrected chi connectivity index (χ2v) is 10.3. The molecular formula is C22H26ClN3O2S2. The van der Waals surface area contributed by atoms with Crippen LogP contribution in [0, 0.1) is 0 Å². The summed E-state index contributed by atoms with van der Waals surface area (Å²) in [5.41, 5.74) is 4.20. The molecule has 0 amide bonds. The number of aromatic nitrogens is 1. The van der Waals surface area contributed by atoms with Gasteiger partial charge in [0.1, 0.15) is 0 Å². The zero-order valence-electron chi connectivity index (χ0n) is 17.4. The van der Waals surface area contributed by atoms with Gasteiger partial charge in [0.05, 0.1) is 11.6 Å². The number of benzene rings is 1. The Morgan fingerprint density at radius 3 is 2.63 bits per heavy atom. The van der Waals surface area contributed by atoms with Crippen molar-refractivity contribution in [2.45, 2.75) is 39.2 Å². The number of halogens is 1. The van der Waals surface area contributed by atoms with E-state index in [0.717, 1.165) is 27.3 Å². The first-order valence-corrected chi connectivity index (χ1v) is 12.0. The number of hydrogen-bond acceptors (Lipinski definition) is 4. The molecule has 0 saturated heterocycles. The number of anilines is 1. The summed E-state index contributed by atoms with van der Waals surface area (Å²) in [6, 6.07) is 11.8. The van der Waals surface area contributed by atoms with Crippen LogP contribution in [-0.4, -0.2) is 26.9 Å². The Morgan fingerprint density at radius 2 is 1.97 bits per heavy atom. The fraction of sp³-hybridized carbons (Fsp3) is 0.318. The van der Waals surface area contributed by atoms with Crippen molar-refractivity contribution in [3.63, 3.8) is 0 Å². The van der Waals surface area contributed by atoms with Gasteiger partial charge in [-0.1, -0.05) is 25.4 Å². The van der Waals surface area contributed by atoms with Crippen molar-refractivity contribution < 1.29 is 9.32 Å². The van der Waals surface area contributed by atoms with Crippen LogP contribution in [0.15, 0.2) is 48.0 Å². The molecule has 8 heteroatoms. The zero-order valence-corrected chi connectivity index (χ0v) is 19.8. The van der Waals surface area contributed by atoms with Crippen molar-refractivity contribution >= 4 is 39.8 Å². The van der Waals surface area contributed by atoms with Crippen LogP contribution >= 0.6 is 22.9 Å². The Bertz CT molecular complexity index is 1050. The number of nitrogens with one attached hydrogen (secondary N) is 2. The van der Waals surface area contributed by atoms with Gasteiger partial charge in [-0.05, 0) is 66.8 Å². The second kappa shape index (κ2) is 9.58. The third kappa shape index (κ3) is 5.47. The monoisotopic (exact) mass is 463 g/mol. The van der Waals surface area contributed by atoms with Gasteiger partial charge in [0.15, 0.2) is 11.2 Å². The molecule has 30 heavy (non-hydrogen) atoms. The lowest BCUT2D eigenvalue weighted by atomic mass is 9.89. The molecule has 0 bridgehead atoms. The van der Waals surface area contributed by atoms with Crippen LogP contribution in [0.25, 0.3) is 21.6 Å². The summed E-state index contributed by atoms with van der Waals surface area (Å²) in [5, 5.41) is 12.3. The standard InChI is InChI=1S/C22H26ClN3O2S2/c1-14(2)25-30(28)26-17-5-6-18(19(23)11-17)20-9-16(12-29-20)15-7-8-24-21(10-15)22(3,4)13-27/h5-12,14,25-27H,13H2,1-4H3. The summed E-state index contributed by atoms with van der Waals surface area (Å²) >= 11 is 6.76. The van der Waals surface area contributed by atoms with Crippen molar-refractivity contribution in [1.82, 2.24) is 9.71 Å². The normalized spacial score (nSPS) is 12.9. The van der Waals surface area contributed by atoms with Crippen molar-refractivity contribution in [2.24, 2.45) is 0 Å². The quantitative estimate of drug-likeness (QED) is 0.419. The number of thiophene rings is 1. The lowest BCUT2D eigenvalue weighted by Crippen LogP contribution is -2.29. The van der Waals surface area contributed by atoms with E-state index in [1.807, 2.05) is 52.0 Å². The lowest BCUT2D eigenvalue weighted by molar-refractivity contribution is 0.215. The van der Waals surface area contributed by atoms with E-state index in [2.05, 4.69) is 25.9 Å². The van der Waals surface area contributed by atoms with Crippen LogP contribution in [0.1, 0.15) is 33.4 Å². The fourth-order valence-electron chi connectivity index (χ4n) is 2.82. The average Bonchev–Trinajstić information content (AvgIpc) is 3.17. The lowest BCUT2D eigenvalue weighted by Gasteiger charge is -2.21. The number of rotatable bonds is 8. The molecule has 0 spiro atoms. The molecule has 0 aliphatic heterocycles. The smallest absolute Gasteiger partial charge is 0.193 e. The summed E-state index contributed by atoms with van der Waals surface area (Å²) in [6.45, 7) is 7.83. The highest BCUT2D eigenvalue weighted by Crippen LogP contribution is 2.38. The summed E-state index contributed by atoms with van der Waals surface area (Å²) in [4.78, 5) is 5.47. The van der Waals surface area contributed by atoms with Crippen LogP contribution in [0.4, 0.5) is 5.69 Å². The van der Waals surface area contributed by atoms with Gasteiger partial charge >= 0.3 is 0 Å². The summed E-state index contributed by atoms with van der Waals surface area (Å²) in [5.74, 6) is 0. The van der Waals surface area contributed by atoms with E-state index >= 15 is 0 Å². The molecule has 3 aromatic rings.